The highest BCUT2D eigenvalue weighted by atomic mass is 19.1. The molecular weight excluding hydrogens is 679 g/mol. The van der Waals surface area contributed by atoms with Crippen LogP contribution in [-0.4, -0.2) is 0 Å². The molecule has 0 spiro atoms. The number of para-hydroxylation sites is 2. The van der Waals surface area contributed by atoms with Crippen molar-refractivity contribution in [3.63, 3.8) is 0 Å². The molecule has 0 saturated carbocycles. The Kier molecular flexibility index (Phi) is 7.57. The molecule has 0 heterocycles. The van der Waals surface area contributed by atoms with Crippen molar-refractivity contribution in [1.82, 2.24) is 0 Å². The third-order valence-electron chi connectivity index (χ3n) is 11.3. The van der Waals surface area contributed by atoms with Crippen molar-refractivity contribution < 1.29 is 8.78 Å². The minimum atomic E-state index is -0.380. The van der Waals surface area contributed by atoms with Crippen LogP contribution in [0.5, 0.6) is 0 Å². The topological polar surface area (TPSA) is 6.48 Å². The third kappa shape index (κ3) is 5.20. The largest absolute Gasteiger partial charge is 0.310 e. The maximum atomic E-state index is 14.3. The van der Waals surface area contributed by atoms with E-state index >= 15 is 0 Å². The van der Waals surface area contributed by atoms with Crippen LogP contribution in [-0.2, 0) is 5.41 Å². The fraction of sp³-hybridized carbons (Fsp3) is 0.0588. The number of fused-ring (bicyclic) bond motifs is 10. The van der Waals surface area contributed by atoms with E-state index in [0.29, 0.717) is 0 Å². The predicted molar refractivity (Wildman–Crippen MR) is 226 cm³/mol. The first-order chi connectivity index (χ1) is 26.9. The molecule has 0 unspecified atom stereocenters. The minimum Gasteiger partial charge on any atom is -0.310 e. The van der Waals surface area contributed by atoms with Crippen LogP contribution < -0.4 is 9.80 Å². The van der Waals surface area contributed by atoms with Gasteiger partial charge < -0.3 is 9.80 Å². The van der Waals surface area contributed by atoms with E-state index in [0.717, 1.165) is 44.9 Å². The van der Waals surface area contributed by atoms with Gasteiger partial charge in [-0.25, -0.2) is 8.78 Å². The fourth-order valence-corrected chi connectivity index (χ4v) is 8.87. The zero-order chi connectivity index (χ0) is 37.3. The van der Waals surface area contributed by atoms with Crippen molar-refractivity contribution in [3.8, 4) is 11.1 Å². The first-order valence-electron chi connectivity index (χ1n) is 18.7. The maximum absolute atomic E-state index is 14.3. The molecule has 0 amide bonds. The zero-order valence-corrected chi connectivity index (χ0v) is 30.5. The Labute approximate surface area is 319 Å². The minimum absolute atomic E-state index is 0.265. The number of rotatable bonds is 6. The van der Waals surface area contributed by atoms with E-state index in [1.54, 1.807) is 0 Å². The summed E-state index contributed by atoms with van der Waals surface area (Å²) in [6.07, 6.45) is 0. The standard InChI is InChI=1S/C51H36F2N2/c1-51(2)46-32-47(55(36-15-7-4-8-16-36)38-27-23-34(53)24-28-38)41-18-10-12-20-43(41)48(46)49-42-19-11-9-17-40(42)45-31-39(29-30-44(45)50(49)51)54(35-13-5-3-6-14-35)37-25-21-33(52)22-26-37/h3-32H,1-2H3. The highest BCUT2D eigenvalue weighted by Gasteiger charge is 2.40. The summed E-state index contributed by atoms with van der Waals surface area (Å²) >= 11 is 0. The SMILES string of the molecule is CC1(C)c2cc(N(c3ccccc3)c3ccc(F)cc3)c3ccccc3c2-c2c1c1ccc(N(c3ccccc3)c3ccc(F)cc3)cc1c1ccccc21. The Hall–Kier alpha value is -6.78. The summed E-state index contributed by atoms with van der Waals surface area (Å²) in [5, 5.41) is 7.05. The molecule has 0 aliphatic heterocycles. The second-order valence-electron chi connectivity index (χ2n) is 14.8. The van der Waals surface area contributed by atoms with E-state index in [2.05, 4.69) is 121 Å². The summed E-state index contributed by atoms with van der Waals surface area (Å²) in [5.74, 6) is -0.530. The smallest absolute Gasteiger partial charge is 0.123 e. The van der Waals surface area contributed by atoms with Crippen LogP contribution in [0.1, 0.15) is 25.0 Å². The Morgan fingerprint density at radius 2 is 0.818 bits per heavy atom. The van der Waals surface area contributed by atoms with Crippen LogP contribution in [0, 0.1) is 11.6 Å². The number of hydrogen-bond donors (Lipinski definition) is 0. The van der Waals surface area contributed by atoms with Crippen LogP contribution in [0.3, 0.4) is 0 Å². The first kappa shape index (κ1) is 32.8. The third-order valence-corrected chi connectivity index (χ3v) is 11.3. The van der Waals surface area contributed by atoms with E-state index in [1.807, 2.05) is 60.7 Å². The molecule has 264 valence electrons. The van der Waals surface area contributed by atoms with Crippen molar-refractivity contribution in [2.75, 3.05) is 9.80 Å². The zero-order valence-electron chi connectivity index (χ0n) is 30.5. The van der Waals surface area contributed by atoms with Crippen LogP contribution in [0.25, 0.3) is 43.4 Å². The van der Waals surface area contributed by atoms with Crippen molar-refractivity contribution in [2.24, 2.45) is 0 Å². The van der Waals surface area contributed by atoms with Gasteiger partial charge in [-0.05, 0) is 140 Å². The molecule has 9 aromatic rings. The van der Waals surface area contributed by atoms with Crippen LogP contribution >= 0.6 is 0 Å². The van der Waals surface area contributed by atoms with Gasteiger partial charge in [0.05, 0.1) is 5.69 Å². The van der Waals surface area contributed by atoms with Crippen LogP contribution in [0.15, 0.2) is 182 Å². The van der Waals surface area contributed by atoms with Crippen molar-refractivity contribution in [1.29, 1.82) is 0 Å². The van der Waals surface area contributed by atoms with Gasteiger partial charge >= 0.3 is 0 Å². The van der Waals surface area contributed by atoms with Crippen molar-refractivity contribution >= 4 is 66.4 Å². The monoisotopic (exact) mass is 714 g/mol. The second-order valence-corrected chi connectivity index (χ2v) is 14.8. The lowest BCUT2D eigenvalue weighted by Crippen LogP contribution is -2.17. The first-order valence-corrected chi connectivity index (χ1v) is 18.7. The Morgan fingerprint density at radius 1 is 0.364 bits per heavy atom. The molecule has 9 aromatic carbocycles. The second kappa shape index (κ2) is 12.7. The van der Waals surface area contributed by atoms with E-state index in [-0.39, 0.29) is 17.0 Å². The highest BCUT2D eigenvalue weighted by molar-refractivity contribution is 6.23. The number of nitrogens with zero attached hydrogens (tertiary/aromatic N) is 2. The van der Waals surface area contributed by atoms with E-state index < -0.39 is 0 Å². The molecule has 0 atom stereocenters. The highest BCUT2D eigenvalue weighted by Crippen LogP contribution is 2.59. The lowest BCUT2D eigenvalue weighted by Gasteiger charge is -2.30. The molecule has 1 aliphatic carbocycles. The van der Waals surface area contributed by atoms with E-state index in [1.165, 1.54) is 68.1 Å². The van der Waals surface area contributed by atoms with Gasteiger partial charge in [-0.15, -0.1) is 0 Å². The summed E-state index contributed by atoms with van der Waals surface area (Å²) in [6, 6.07) is 60.6. The number of anilines is 6. The van der Waals surface area contributed by atoms with Gasteiger partial charge in [-0.2, -0.15) is 0 Å². The lowest BCUT2D eigenvalue weighted by atomic mass is 9.79. The Bertz CT molecular complexity index is 2900. The van der Waals surface area contributed by atoms with E-state index in [9.17, 15) is 8.78 Å². The lowest BCUT2D eigenvalue weighted by molar-refractivity contribution is 0.627. The van der Waals surface area contributed by atoms with Crippen molar-refractivity contribution in [2.45, 2.75) is 19.3 Å². The summed E-state index contributed by atoms with van der Waals surface area (Å²) in [6.45, 7) is 4.69. The Balaban J connectivity index is 1.25. The molecule has 0 N–H and O–H groups in total. The van der Waals surface area contributed by atoms with Crippen LogP contribution in [0.2, 0.25) is 0 Å². The van der Waals surface area contributed by atoms with E-state index in [4.69, 9.17) is 0 Å². The molecule has 10 rings (SSSR count). The van der Waals surface area contributed by atoms with Gasteiger partial charge in [0.2, 0.25) is 0 Å². The normalized spacial score (nSPS) is 12.9. The molecule has 0 saturated heterocycles. The molecule has 0 bridgehead atoms. The fourth-order valence-electron chi connectivity index (χ4n) is 8.87. The molecule has 0 fully saturated rings. The molecule has 2 nitrogen and oxygen atoms in total. The number of hydrogen-bond acceptors (Lipinski definition) is 2. The summed E-state index contributed by atoms with van der Waals surface area (Å²) in [7, 11) is 0. The average Bonchev–Trinajstić information content (AvgIpc) is 3.47. The molecule has 55 heavy (non-hydrogen) atoms. The molecule has 4 heteroatoms. The van der Waals surface area contributed by atoms with Gasteiger partial charge in [0.15, 0.2) is 0 Å². The molecule has 0 radical (unpaired) electrons. The Morgan fingerprint density at radius 3 is 1.42 bits per heavy atom. The number of benzene rings is 9. The van der Waals surface area contributed by atoms with Gasteiger partial charge in [-0.1, -0.05) is 105 Å². The number of halogens is 2. The molecular formula is C51H36F2N2. The van der Waals surface area contributed by atoms with Gasteiger partial charge in [0, 0.05) is 39.2 Å². The molecule has 1 aliphatic rings. The average molecular weight is 715 g/mol. The van der Waals surface area contributed by atoms with Crippen LogP contribution in [0.4, 0.5) is 42.9 Å². The summed E-state index contributed by atoms with van der Waals surface area (Å²) in [5.41, 5.74) is 10.5. The van der Waals surface area contributed by atoms with Crippen molar-refractivity contribution in [3.05, 3.63) is 205 Å². The maximum Gasteiger partial charge on any atom is 0.123 e. The summed E-state index contributed by atoms with van der Waals surface area (Å²) in [4.78, 5) is 4.44. The predicted octanol–water partition coefficient (Wildman–Crippen LogP) is 14.7. The quantitative estimate of drug-likeness (QED) is 0.158. The summed E-state index contributed by atoms with van der Waals surface area (Å²) < 4.78 is 28.5. The van der Waals surface area contributed by atoms with Gasteiger partial charge in [0.25, 0.3) is 0 Å². The molecule has 0 aromatic heterocycles. The van der Waals surface area contributed by atoms with Gasteiger partial charge in [-0.3, -0.25) is 0 Å². The van der Waals surface area contributed by atoms with Gasteiger partial charge in [0.1, 0.15) is 11.6 Å².